The molecule has 0 aliphatic rings. The second-order valence-corrected chi connectivity index (χ2v) is 13.6. The molecule has 0 saturated heterocycles. The van der Waals surface area contributed by atoms with E-state index in [0.29, 0.717) is 9.52 Å². The molecule has 0 saturated carbocycles. The van der Waals surface area contributed by atoms with Gasteiger partial charge in [0, 0.05) is 0 Å². The Hall–Kier alpha value is -5.76. The van der Waals surface area contributed by atoms with Crippen LogP contribution >= 0.6 is 0 Å². The molecule has 2 radical (unpaired) electrons. The van der Waals surface area contributed by atoms with Crippen molar-refractivity contribution in [2.75, 3.05) is 0 Å². The van der Waals surface area contributed by atoms with E-state index in [1.807, 2.05) is 0 Å². The number of benzene rings is 9. The first-order valence-electron chi connectivity index (χ1n) is 16.2. The zero-order valence-corrected chi connectivity index (χ0v) is 26.8. The maximum atomic E-state index is 2.47. The van der Waals surface area contributed by atoms with E-state index in [4.69, 9.17) is 0 Å². The Morgan fingerprint density at radius 2 is 0.809 bits per heavy atom. The highest BCUT2D eigenvalue weighted by molar-refractivity contribution is 6.67. The van der Waals surface area contributed by atoms with Crippen LogP contribution < -0.4 is 10.4 Å². The zero-order chi connectivity index (χ0) is 31.2. The molecule has 0 nitrogen and oxygen atoms in total. The number of hydrogen-bond acceptors (Lipinski definition) is 0. The first-order chi connectivity index (χ1) is 23.3. The average molecular weight is 611 g/mol. The molecule has 0 N–H and O–H groups in total. The van der Waals surface area contributed by atoms with Crippen molar-refractivity contribution < 1.29 is 0 Å². The van der Waals surface area contributed by atoms with E-state index < -0.39 is 0 Å². The van der Waals surface area contributed by atoms with Crippen LogP contribution in [-0.4, -0.2) is 9.52 Å². The van der Waals surface area contributed by atoms with Gasteiger partial charge in [0.15, 0.2) is 0 Å². The first kappa shape index (κ1) is 27.5. The number of hydrogen-bond donors (Lipinski definition) is 0. The van der Waals surface area contributed by atoms with E-state index >= 15 is 0 Å². The maximum absolute atomic E-state index is 2.47. The summed E-state index contributed by atoms with van der Waals surface area (Å²) in [6.45, 7) is 0. The minimum absolute atomic E-state index is 0.582. The molecular weight excluding hydrogens is 581 g/mol. The van der Waals surface area contributed by atoms with Crippen molar-refractivity contribution in [2.24, 2.45) is 0 Å². The van der Waals surface area contributed by atoms with Crippen molar-refractivity contribution in [1.29, 1.82) is 0 Å². The summed E-state index contributed by atoms with van der Waals surface area (Å²) in [5, 5.41) is 13.0. The van der Waals surface area contributed by atoms with Gasteiger partial charge in [0.2, 0.25) is 0 Å². The Labute approximate surface area is 277 Å². The summed E-state index contributed by atoms with van der Waals surface area (Å²) in [6.07, 6.45) is 0. The molecule has 0 aliphatic heterocycles. The van der Waals surface area contributed by atoms with Gasteiger partial charge in [0.25, 0.3) is 0 Å². The Balaban J connectivity index is 1.37. The summed E-state index contributed by atoms with van der Waals surface area (Å²) in [7, 11) is 0.582. The van der Waals surface area contributed by atoms with Crippen LogP contribution in [0.2, 0.25) is 0 Å². The molecule has 47 heavy (non-hydrogen) atoms. The topological polar surface area (TPSA) is 0 Å². The lowest BCUT2D eigenvalue weighted by atomic mass is 9.83. The minimum atomic E-state index is 0.582. The van der Waals surface area contributed by atoms with Crippen molar-refractivity contribution in [3.63, 3.8) is 0 Å². The van der Waals surface area contributed by atoms with Gasteiger partial charge in [-0.1, -0.05) is 186 Å². The lowest BCUT2D eigenvalue weighted by Crippen LogP contribution is -2.26. The highest BCUT2D eigenvalue weighted by Crippen LogP contribution is 2.46. The van der Waals surface area contributed by atoms with Crippen molar-refractivity contribution >= 4 is 63.0 Å². The number of rotatable bonds is 5. The molecule has 0 spiro atoms. The largest absolute Gasteiger partial charge is 0.121 e. The van der Waals surface area contributed by atoms with Gasteiger partial charge in [-0.25, -0.2) is 0 Å². The standard InChI is InChI=1S/C46H30Si/c1-3-13-31(14-4-1)32-23-25-33(26-24-32)45-40-21-11-12-22-41(40)46(44-30-36(27-28-42(44)45)47-35-16-5-2-6-17-35)43-29-34-15-7-8-18-37(34)38-19-9-10-20-39(38)43/h1-30H. The molecule has 0 aromatic heterocycles. The van der Waals surface area contributed by atoms with Crippen LogP contribution in [0.15, 0.2) is 182 Å². The predicted octanol–water partition coefficient (Wildman–Crippen LogP) is 11.0. The van der Waals surface area contributed by atoms with Crippen LogP contribution in [0.1, 0.15) is 0 Å². The van der Waals surface area contributed by atoms with Crippen LogP contribution in [0.25, 0.3) is 76.5 Å². The predicted molar refractivity (Wildman–Crippen MR) is 204 cm³/mol. The molecule has 9 aromatic carbocycles. The van der Waals surface area contributed by atoms with Crippen LogP contribution in [0.4, 0.5) is 0 Å². The second-order valence-electron chi connectivity index (χ2n) is 12.2. The molecule has 0 amide bonds. The van der Waals surface area contributed by atoms with Crippen molar-refractivity contribution in [1.82, 2.24) is 0 Å². The summed E-state index contributed by atoms with van der Waals surface area (Å²) in [6, 6.07) is 66.9. The van der Waals surface area contributed by atoms with Gasteiger partial charge in [-0.3, -0.25) is 0 Å². The number of fused-ring (bicyclic) bond motifs is 5. The molecule has 1 heteroatoms. The van der Waals surface area contributed by atoms with Crippen LogP contribution in [0.3, 0.4) is 0 Å². The fourth-order valence-corrected chi connectivity index (χ4v) is 8.34. The van der Waals surface area contributed by atoms with Crippen molar-refractivity contribution in [2.45, 2.75) is 0 Å². The van der Waals surface area contributed by atoms with Gasteiger partial charge in [0.05, 0.1) is 0 Å². The normalized spacial score (nSPS) is 11.5. The fourth-order valence-electron chi connectivity index (χ4n) is 7.27. The van der Waals surface area contributed by atoms with E-state index in [1.54, 1.807) is 0 Å². The molecule has 9 aromatic rings. The Bertz CT molecular complexity index is 2570. The van der Waals surface area contributed by atoms with Gasteiger partial charge < -0.3 is 0 Å². The summed E-state index contributed by atoms with van der Waals surface area (Å²) < 4.78 is 0. The molecule has 0 heterocycles. The Morgan fingerprint density at radius 1 is 0.277 bits per heavy atom. The van der Waals surface area contributed by atoms with E-state index in [2.05, 4.69) is 182 Å². The third kappa shape index (κ3) is 4.84. The SMILES string of the molecule is c1ccc([Si]c2ccc3c(-c4ccc(-c5ccccc5)cc4)c4ccccc4c(-c4cc5ccccc5c5ccccc45)c3c2)cc1. The van der Waals surface area contributed by atoms with Crippen molar-refractivity contribution in [3.8, 4) is 33.4 Å². The van der Waals surface area contributed by atoms with E-state index in [1.165, 1.54) is 86.8 Å². The summed E-state index contributed by atoms with van der Waals surface area (Å²) in [5.74, 6) is 0. The molecule has 0 fully saturated rings. The molecule has 0 aliphatic carbocycles. The average Bonchev–Trinajstić information content (AvgIpc) is 3.14. The summed E-state index contributed by atoms with van der Waals surface area (Å²) in [5.41, 5.74) is 7.58. The lowest BCUT2D eigenvalue weighted by Gasteiger charge is -2.20. The van der Waals surface area contributed by atoms with Crippen LogP contribution in [0, 0.1) is 0 Å². The van der Waals surface area contributed by atoms with Gasteiger partial charge >= 0.3 is 0 Å². The summed E-state index contributed by atoms with van der Waals surface area (Å²) >= 11 is 0. The molecule has 0 unspecified atom stereocenters. The summed E-state index contributed by atoms with van der Waals surface area (Å²) in [4.78, 5) is 0. The van der Waals surface area contributed by atoms with E-state index in [0.717, 1.165) is 0 Å². The molecule has 0 bridgehead atoms. The van der Waals surface area contributed by atoms with Gasteiger partial charge in [0.1, 0.15) is 9.52 Å². The quantitative estimate of drug-likeness (QED) is 0.103. The minimum Gasteiger partial charge on any atom is -0.0631 e. The highest BCUT2D eigenvalue weighted by atomic mass is 28.2. The third-order valence-corrected chi connectivity index (χ3v) is 10.6. The van der Waals surface area contributed by atoms with Crippen molar-refractivity contribution in [3.05, 3.63) is 182 Å². The monoisotopic (exact) mass is 610 g/mol. The van der Waals surface area contributed by atoms with E-state index in [-0.39, 0.29) is 0 Å². The Morgan fingerprint density at radius 3 is 1.55 bits per heavy atom. The zero-order valence-electron chi connectivity index (χ0n) is 25.8. The molecule has 218 valence electrons. The third-order valence-electron chi connectivity index (χ3n) is 9.40. The maximum Gasteiger partial charge on any atom is 0.121 e. The van der Waals surface area contributed by atoms with Gasteiger partial charge in [-0.05, 0) is 82.5 Å². The molecular formula is C46H30Si. The highest BCUT2D eigenvalue weighted by Gasteiger charge is 2.19. The smallest absolute Gasteiger partial charge is 0.0631 e. The van der Waals surface area contributed by atoms with Crippen LogP contribution in [0.5, 0.6) is 0 Å². The van der Waals surface area contributed by atoms with E-state index in [9.17, 15) is 0 Å². The molecule has 0 atom stereocenters. The van der Waals surface area contributed by atoms with Gasteiger partial charge in [-0.2, -0.15) is 0 Å². The molecule has 9 rings (SSSR count). The second kappa shape index (κ2) is 11.5. The Kier molecular flexibility index (Phi) is 6.77. The first-order valence-corrected chi connectivity index (χ1v) is 17.2. The van der Waals surface area contributed by atoms with Crippen LogP contribution in [-0.2, 0) is 0 Å². The fraction of sp³-hybridized carbons (Fsp3) is 0. The van der Waals surface area contributed by atoms with Gasteiger partial charge in [-0.15, -0.1) is 0 Å². The lowest BCUT2D eigenvalue weighted by molar-refractivity contribution is 1.61.